The second-order valence-corrected chi connectivity index (χ2v) is 7.46. The number of hydrogen-bond acceptors (Lipinski definition) is 3. The van der Waals surface area contributed by atoms with Crippen LogP contribution >= 0.6 is 24.0 Å². The van der Waals surface area contributed by atoms with Crippen LogP contribution in [0.4, 0.5) is 10.1 Å². The van der Waals surface area contributed by atoms with Gasteiger partial charge in [-0.3, -0.25) is 0 Å². The van der Waals surface area contributed by atoms with Crippen LogP contribution in [0.3, 0.4) is 0 Å². The van der Waals surface area contributed by atoms with E-state index in [1.165, 1.54) is 6.07 Å². The largest absolute Gasteiger partial charge is 0.381 e. The fourth-order valence-corrected chi connectivity index (χ4v) is 3.69. The molecule has 3 rings (SSSR count). The Labute approximate surface area is 177 Å². The summed E-state index contributed by atoms with van der Waals surface area (Å²) in [4.78, 5) is 7.09. The first kappa shape index (κ1) is 22.7. The van der Waals surface area contributed by atoms with Crippen molar-refractivity contribution in [3.63, 3.8) is 0 Å². The maximum absolute atomic E-state index is 13.9. The summed E-state index contributed by atoms with van der Waals surface area (Å²) < 4.78 is 13.9. The summed E-state index contributed by atoms with van der Waals surface area (Å²) in [6, 6.07) is 10.7. The van der Waals surface area contributed by atoms with Gasteiger partial charge >= 0.3 is 0 Å². The molecule has 28 heavy (non-hydrogen) atoms. The van der Waals surface area contributed by atoms with E-state index in [1.807, 2.05) is 18.2 Å². The van der Waals surface area contributed by atoms with Crippen LogP contribution in [0.5, 0.6) is 0 Å². The van der Waals surface area contributed by atoms with Crippen molar-refractivity contribution in [1.82, 2.24) is 9.88 Å². The van der Waals surface area contributed by atoms with Gasteiger partial charge in [-0.05, 0) is 75.8 Å². The summed E-state index contributed by atoms with van der Waals surface area (Å²) in [5.74, 6) is -0.255. The lowest BCUT2D eigenvalue weighted by atomic mass is 10.1. The first-order valence-electron chi connectivity index (χ1n) is 9.69. The maximum atomic E-state index is 13.9. The van der Waals surface area contributed by atoms with E-state index in [1.54, 1.807) is 12.1 Å². The van der Waals surface area contributed by atoms with Gasteiger partial charge in [0.25, 0.3) is 0 Å². The predicted octanol–water partition coefficient (Wildman–Crippen LogP) is 6.52. The van der Waals surface area contributed by atoms with Crippen LogP contribution in [0.15, 0.2) is 36.4 Å². The normalized spacial score (nSPS) is 12.4. The predicted molar refractivity (Wildman–Crippen MR) is 122 cm³/mol. The van der Waals surface area contributed by atoms with Gasteiger partial charge in [-0.2, -0.15) is 0 Å². The van der Waals surface area contributed by atoms with Crippen molar-refractivity contribution in [3.8, 4) is 0 Å². The van der Waals surface area contributed by atoms with Crippen LogP contribution in [0.1, 0.15) is 33.6 Å². The molecule has 0 bridgehead atoms. The van der Waals surface area contributed by atoms with Crippen LogP contribution < -0.4 is 5.32 Å². The molecule has 1 aromatic heterocycles. The van der Waals surface area contributed by atoms with Crippen molar-refractivity contribution in [3.05, 3.63) is 47.2 Å². The highest BCUT2D eigenvalue weighted by atomic mass is 35.5. The molecule has 6 heteroatoms. The molecule has 1 unspecified atom stereocenters. The van der Waals surface area contributed by atoms with Gasteiger partial charge in [0.1, 0.15) is 5.82 Å². The van der Waals surface area contributed by atoms with E-state index in [0.29, 0.717) is 5.02 Å². The first-order valence-corrected chi connectivity index (χ1v) is 10.1. The highest BCUT2D eigenvalue weighted by Crippen LogP contribution is 2.33. The number of nitrogens with zero attached hydrogens (tertiary/aromatic N) is 2. The molecule has 3 aromatic rings. The summed E-state index contributed by atoms with van der Waals surface area (Å²) in [7, 11) is 0. The highest BCUT2D eigenvalue weighted by Gasteiger charge is 2.13. The van der Waals surface area contributed by atoms with Crippen LogP contribution in [0.2, 0.25) is 5.02 Å². The van der Waals surface area contributed by atoms with Crippen molar-refractivity contribution in [2.75, 3.05) is 25.0 Å². The van der Waals surface area contributed by atoms with E-state index in [2.05, 4.69) is 36.0 Å². The van der Waals surface area contributed by atoms with Crippen molar-refractivity contribution < 1.29 is 4.39 Å². The zero-order valence-corrected chi connectivity index (χ0v) is 18.2. The number of nitrogens with one attached hydrogen (secondary N) is 1. The molecule has 0 amide bonds. The topological polar surface area (TPSA) is 28.2 Å². The fourth-order valence-electron chi connectivity index (χ4n) is 3.52. The van der Waals surface area contributed by atoms with Crippen LogP contribution in [0, 0.1) is 5.82 Å². The molecule has 152 valence electrons. The molecule has 0 saturated carbocycles. The Balaban J connectivity index is 0.00000280. The van der Waals surface area contributed by atoms with Gasteiger partial charge in [-0.25, -0.2) is 9.37 Å². The lowest BCUT2D eigenvalue weighted by Gasteiger charge is -2.21. The fraction of sp³-hybridized carbons (Fsp3) is 0.409. The number of halogens is 3. The smallest absolute Gasteiger partial charge is 0.124 e. The molecule has 1 heterocycles. The summed E-state index contributed by atoms with van der Waals surface area (Å²) in [6.07, 6.45) is 2.17. The molecule has 0 radical (unpaired) electrons. The second-order valence-electron chi connectivity index (χ2n) is 7.02. The number of hydrogen-bond donors (Lipinski definition) is 1. The monoisotopic (exact) mass is 423 g/mol. The number of pyridine rings is 1. The Hall–Kier alpha value is -1.62. The number of fused-ring (bicyclic) bond motifs is 2. The van der Waals surface area contributed by atoms with E-state index in [9.17, 15) is 4.39 Å². The van der Waals surface area contributed by atoms with Gasteiger partial charge < -0.3 is 10.2 Å². The number of aromatic nitrogens is 1. The minimum atomic E-state index is -0.255. The zero-order valence-electron chi connectivity index (χ0n) is 16.6. The summed E-state index contributed by atoms with van der Waals surface area (Å²) in [6.45, 7) is 9.83. The molecule has 0 aliphatic carbocycles. The van der Waals surface area contributed by atoms with Crippen LogP contribution in [-0.2, 0) is 0 Å². The molecule has 1 N–H and O–H groups in total. The van der Waals surface area contributed by atoms with Gasteiger partial charge in [-0.15, -0.1) is 12.4 Å². The number of rotatable bonds is 8. The van der Waals surface area contributed by atoms with E-state index >= 15 is 0 Å². The first-order chi connectivity index (χ1) is 13.0. The number of benzene rings is 2. The van der Waals surface area contributed by atoms with Gasteiger partial charge in [0.05, 0.1) is 16.7 Å². The van der Waals surface area contributed by atoms with Crippen molar-refractivity contribution in [2.24, 2.45) is 0 Å². The SMILES string of the molecule is CCN(CC)CCCC(C)Nc1c2ccc(Cl)cc2nc2ccc(F)cc12.Cl. The standard InChI is InChI=1S/C22H27ClFN3.ClH/c1-4-27(5-2)12-6-7-15(3)25-22-18-10-8-16(23)13-21(18)26-20-11-9-17(24)14-19(20)22;/h8-11,13-15H,4-7,12H2,1-3H3,(H,25,26);1H. The van der Waals surface area contributed by atoms with E-state index in [-0.39, 0.29) is 24.3 Å². The Kier molecular flexibility index (Phi) is 8.29. The Morgan fingerprint density at radius 3 is 2.54 bits per heavy atom. The van der Waals surface area contributed by atoms with Gasteiger partial charge in [0.2, 0.25) is 0 Å². The third kappa shape index (κ3) is 5.25. The zero-order chi connectivity index (χ0) is 19.4. The molecule has 1 atom stereocenters. The third-order valence-electron chi connectivity index (χ3n) is 5.09. The average Bonchev–Trinajstić information content (AvgIpc) is 2.65. The minimum Gasteiger partial charge on any atom is -0.381 e. The van der Waals surface area contributed by atoms with Crippen LogP contribution in [-0.4, -0.2) is 35.6 Å². The van der Waals surface area contributed by atoms with Gasteiger partial charge in [0.15, 0.2) is 0 Å². The average molecular weight is 424 g/mol. The Morgan fingerprint density at radius 1 is 1.07 bits per heavy atom. The highest BCUT2D eigenvalue weighted by molar-refractivity contribution is 6.31. The van der Waals surface area contributed by atoms with Crippen molar-refractivity contribution in [1.29, 1.82) is 0 Å². The molecule has 3 nitrogen and oxygen atoms in total. The van der Waals surface area contributed by atoms with Crippen LogP contribution in [0.25, 0.3) is 21.8 Å². The van der Waals surface area contributed by atoms with E-state index < -0.39 is 0 Å². The molecule has 0 spiro atoms. The molecule has 0 fully saturated rings. The van der Waals surface area contributed by atoms with Crippen molar-refractivity contribution in [2.45, 2.75) is 39.7 Å². The Morgan fingerprint density at radius 2 is 1.82 bits per heavy atom. The Bertz CT molecular complexity index is 928. The molecule has 2 aromatic carbocycles. The lowest BCUT2D eigenvalue weighted by molar-refractivity contribution is 0.295. The molecule has 0 aliphatic heterocycles. The second kappa shape index (κ2) is 10.2. The van der Waals surface area contributed by atoms with Gasteiger partial charge in [0, 0.05) is 21.8 Å². The van der Waals surface area contributed by atoms with Crippen molar-refractivity contribution >= 4 is 51.5 Å². The lowest BCUT2D eigenvalue weighted by Crippen LogP contribution is -2.25. The summed E-state index contributed by atoms with van der Waals surface area (Å²) in [5.41, 5.74) is 2.52. The number of anilines is 1. The third-order valence-corrected chi connectivity index (χ3v) is 5.33. The van der Waals surface area contributed by atoms with E-state index in [0.717, 1.165) is 60.0 Å². The molecular weight excluding hydrogens is 396 g/mol. The van der Waals surface area contributed by atoms with Gasteiger partial charge in [-0.1, -0.05) is 25.4 Å². The maximum Gasteiger partial charge on any atom is 0.124 e. The van der Waals surface area contributed by atoms with E-state index in [4.69, 9.17) is 11.6 Å². The quantitative estimate of drug-likeness (QED) is 0.417. The molecular formula is C22H28Cl2FN3. The molecule has 0 aliphatic rings. The molecule has 0 saturated heterocycles. The minimum absolute atomic E-state index is 0. The summed E-state index contributed by atoms with van der Waals surface area (Å²) >= 11 is 6.15. The summed E-state index contributed by atoms with van der Waals surface area (Å²) in [5, 5.41) is 6.04.